The largest absolute Gasteiger partial charge is 0.494 e. The summed E-state index contributed by atoms with van der Waals surface area (Å²) in [7, 11) is 0. The van der Waals surface area contributed by atoms with Crippen LogP contribution < -0.4 is 10.3 Å². The van der Waals surface area contributed by atoms with Crippen LogP contribution in [-0.4, -0.2) is 45.2 Å². The lowest BCUT2D eigenvalue weighted by molar-refractivity contribution is 0.230. The highest BCUT2D eigenvalue weighted by Gasteiger charge is 2.19. The van der Waals surface area contributed by atoms with Gasteiger partial charge in [-0.25, -0.2) is 4.98 Å². The first-order valence-electron chi connectivity index (χ1n) is 9.94. The maximum absolute atomic E-state index is 12.9. The lowest BCUT2D eigenvalue weighted by Gasteiger charge is -2.20. The van der Waals surface area contributed by atoms with Crippen molar-refractivity contribution in [2.24, 2.45) is 0 Å². The molecule has 0 spiro atoms. The number of hydrogen-bond acceptors (Lipinski definition) is 5. The van der Waals surface area contributed by atoms with Crippen molar-refractivity contribution in [2.45, 2.75) is 39.2 Å². The fourth-order valence-electron chi connectivity index (χ4n) is 3.93. The fraction of sp³-hybridized carbons (Fsp3) is 0.409. The topological polar surface area (TPSA) is 60.3 Å². The Kier molecular flexibility index (Phi) is 5.39. The minimum atomic E-state index is -0.0849. The molecule has 1 aromatic carbocycles. The monoisotopic (exact) mass is 378 g/mol. The highest BCUT2D eigenvalue weighted by atomic mass is 16.5. The predicted molar refractivity (Wildman–Crippen MR) is 110 cm³/mol. The molecule has 3 heterocycles. The third-order valence-electron chi connectivity index (χ3n) is 5.48. The van der Waals surface area contributed by atoms with E-state index in [1.807, 2.05) is 31.2 Å². The smallest absolute Gasteiger partial charge is 0.266 e. The Balaban J connectivity index is 1.43. The molecule has 0 amide bonds. The van der Waals surface area contributed by atoms with E-state index in [2.05, 4.69) is 21.8 Å². The average Bonchev–Trinajstić information content (AvgIpc) is 3.11. The van der Waals surface area contributed by atoms with E-state index in [4.69, 9.17) is 4.74 Å². The molecule has 3 aromatic rings. The highest BCUT2D eigenvalue weighted by molar-refractivity contribution is 5.76. The Labute approximate surface area is 164 Å². The second-order valence-electron chi connectivity index (χ2n) is 7.42. The zero-order valence-corrected chi connectivity index (χ0v) is 16.5. The van der Waals surface area contributed by atoms with Crippen molar-refractivity contribution in [2.75, 3.05) is 19.7 Å². The molecule has 1 fully saturated rings. The summed E-state index contributed by atoms with van der Waals surface area (Å²) in [5.41, 5.74) is 1.32. The number of hydrogen-bond donors (Lipinski definition) is 0. The molecule has 6 nitrogen and oxygen atoms in total. The third kappa shape index (κ3) is 3.78. The fourth-order valence-corrected chi connectivity index (χ4v) is 3.93. The molecule has 2 aromatic heterocycles. The molecule has 0 unspecified atom stereocenters. The Morgan fingerprint density at radius 2 is 2.04 bits per heavy atom. The van der Waals surface area contributed by atoms with E-state index in [0.717, 1.165) is 24.4 Å². The van der Waals surface area contributed by atoms with E-state index in [0.29, 0.717) is 29.4 Å². The number of aromatic nitrogens is 3. The van der Waals surface area contributed by atoms with Gasteiger partial charge in [0.05, 0.1) is 29.4 Å². The number of ether oxygens (including phenoxy) is 1. The van der Waals surface area contributed by atoms with Gasteiger partial charge in [-0.15, -0.1) is 0 Å². The highest BCUT2D eigenvalue weighted by Crippen LogP contribution is 2.18. The number of rotatable bonds is 6. The maximum Gasteiger partial charge on any atom is 0.266 e. The van der Waals surface area contributed by atoms with Crippen LogP contribution in [0.3, 0.4) is 0 Å². The first-order valence-corrected chi connectivity index (χ1v) is 9.94. The molecule has 0 aliphatic carbocycles. The second kappa shape index (κ2) is 8.10. The number of fused-ring (bicyclic) bond motifs is 1. The van der Waals surface area contributed by atoms with Gasteiger partial charge in [-0.3, -0.25) is 14.3 Å². The molecule has 0 N–H and O–H groups in total. The minimum Gasteiger partial charge on any atom is -0.494 e. The van der Waals surface area contributed by atoms with Gasteiger partial charge in [-0.05, 0) is 70.0 Å². The summed E-state index contributed by atoms with van der Waals surface area (Å²) >= 11 is 0. The van der Waals surface area contributed by atoms with E-state index >= 15 is 0 Å². The van der Waals surface area contributed by atoms with Crippen molar-refractivity contribution in [1.82, 2.24) is 19.4 Å². The summed E-state index contributed by atoms with van der Waals surface area (Å²) in [5.74, 6) is 1.46. The number of benzene rings is 1. The molecule has 1 saturated heterocycles. The summed E-state index contributed by atoms with van der Waals surface area (Å²) in [5, 5.41) is 0.567. The molecule has 0 bridgehead atoms. The van der Waals surface area contributed by atoms with Crippen molar-refractivity contribution in [3.63, 3.8) is 0 Å². The van der Waals surface area contributed by atoms with Gasteiger partial charge in [0, 0.05) is 18.8 Å². The summed E-state index contributed by atoms with van der Waals surface area (Å²) < 4.78 is 7.51. The zero-order valence-electron chi connectivity index (χ0n) is 16.5. The number of nitrogens with zero attached hydrogens (tertiary/aromatic N) is 4. The SMILES string of the molecule is Cc1nc2cnccc2c(=O)n1-c1ccc(OCCCN2CCC[C@H]2C)cc1. The Bertz CT molecular complexity index is 1010. The van der Waals surface area contributed by atoms with Crippen LogP contribution in [0.4, 0.5) is 0 Å². The molecule has 1 atom stereocenters. The van der Waals surface area contributed by atoms with Crippen molar-refractivity contribution in [3.8, 4) is 11.4 Å². The van der Waals surface area contributed by atoms with E-state index in [1.54, 1.807) is 23.0 Å². The van der Waals surface area contributed by atoms with Crippen molar-refractivity contribution in [1.29, 1.82) is 0 Å². The number of likely N-dealkylation sites (tertiary alicyclic amines) is 1. The van der Waals surface area contributed by atoms with Gasteiger partial charge in [0.15, 0.2) is 0 Å². The zero-order chi connectivity index (χ0) is 19.5. The Morgan fingerprint density at radius 3 is 2.79 bits per heavy atom. The van der Waals surface area contributed by atoms with Gasteiger partial charge < -0.3 is 9.64 Å². The van der Waals surface area contributed by atoms with Gasteiger partial charge in [-0.1, -0.05) is 0 Å². The van der Waals surface area contributed by atoms with Crippen molar-refractivity contribution < 1.29 is 4.74 Å². The van der Waals surface area contributed by atoms with E-state index in [1.165, 1.54) is 19.4 Å². The predicted octanol–water partition coefficient (Wildman–Crippen LogP) is 3.34. The first kappa shape index (κ1) is 18.6. The summed E-state index contributed by atoms with van der Waals surface area (Å²) in [6.45, 7) is 7.13. The average molecular weight is 378 g/mol. The Hall–Kier alpha value is -2.73. The van der Waals surface area contributed by atoms with E-state index < -0.39 is 0 Å². The third-order valence-corrected chi connectivity index (χ3v) is 5.48. The van der Waals surface area contributed by atoms with Gasteiger partial charge >= 0.3 is 0 Å². The van der Waals surface area contributed by atoms with Gasteiger partial charge in [-0.2, -0.15) is 0 Å². The van der Waals surface area contributed by atoms with Gasteiger partial charge in [0.2, 0.25) is 0 Å². The molecular weight excluding hydrogens is 352 g/mol. The summed E-state index contributed by atoms with van der Waals surface area (Å²) in [6.07, 6.45) is 6.87. The van der Waals surface area contributed by atoms with E-state index in [9.17, 15) is 4.79 Å². The van der Waals surface area contributed by atoms with E-state index in [-0.39, 0.29) is 5.56 Å². The van der Waals surface area contributed by atoms with Crippen LogP contribution in [0.2, 0.25) is 0 Å². The van der Waals surface area contributed by atoms with Crippen LogP contribution in [-0.2, 0) is 0 Å². The van der Waals surface area contributed by atoms with Crippen LogP contribution in [0.5, 0.6) is 5.75 Å². The molecular formula is C22H26N4O2. The van der Waals surface area contributed by atoms with Crippen LogP contribution in [0, 0.1) is 6.92 Å². The van der Waals surface area contributed by atoms with Gasteiger partial charge in [0.1, 0.15) is 11.6 Å². The molecule has 146 valence electrons. The summed E-state index contributed by atoms with van der Waals surface area (Å²) in [6, 6.07) is 10.0. The lowest BCUT2D eigenvalue weighted by atomic mass is 10.2. The van der Waals surface area contributed by atoms with Crippen LogP contribution in [0.25, 0.3) is 16.6 Å². The summed E-state index contributed by atoms with van der Waals surface area (Å²) in [4.78, 5) is 23.9. The first-order chi connectivity index (χ1) is 13.6. The second-order valence-corrected chi connectivity index (χ2v) is 7.42. The number of aryl methyl sites for hydroxylation is 1. The van der Waals surface area contributed by atoms with Crippen LogP contribution in [0.15, 0.2) is 47.5 Å². The van der Waals surface area contributed by atoms with Gasteiger partial charge in [0.25, 0.3) is 5.56 Å². The van der Waals surface area contributed by atoms with Crippen LogP contribution in [0.1, 0.15) is 32.0 Å². The molecule has 4 rings (SSSR count). The quantitative estimate of drug-likeness (QED) is 0.616. The molecule has 0 saturated carbocycles. The molecule has 6 heteroatoms. The standard InChI is InChI=1S/C22H26N4O2/c1-16-5-3-12-25(16)13-4-14-28-19-8-6-18(7-9-19)26-17(2)24-21-15-23-11-10-20(21)22(26)27/h6-11,15-16H,3-5,12-14H2,1-2H3/t16-/m1/s1. The number of pyridine rings is 1. The van der Waals surface area contributed by atoms with Crippen molar-refractivity contribution in [3.05, 3.63) is 58.9 Å². The maximum atomic E-state index is 12.9. The molecule has 1 aliphatic rings. The minimum absolute atomic E-state index is 0.0849. The molecule has 1 aliphatic heterocycles. The lowest BCUT2D eigenvalue weighted by Crippen LogP contribution is -2.28. The van der Waals surface area contributed by atoms with Crippen molar-refractivity contribution >= 4 is 10.9 Å². The van der Waals surface area contributed by atoms with Crippen LogP contribution >= 0.6 is 0 Å². The Morgan fingerprint density at radius 1 is 1.21 bits per heavy atom. The molecule has 0 radical (unpaired) electrons. The molecule has 28 heavy (non-hydrogen) atoms. The normalized spacial score (nSPS) is 17.3.